The summed E-state index contributed by atoms with van der Waals surface area (Å²) in [5.41, 5.74) is 1.47. The lowest BCUT2D eigenvalue weighted by molar-refractivity contribution is 0.0942. The molecule has 0 saturated heterocycles. The number of aryl methyl sites for hydroxylation is 2. The standard InChI is InChI=1S/C15H18N2O3/c1-11-5-3-6-13(9-11)19-8-4-7-16-15(18)14-10-12(2)20-17-14/h3,5-6,9-10H,4,7-8H2,1-2H3,(H,16,18). The summed E-state index contributed by atoms with van der Waals surface area (Å²) in [5.74, 6) is 1.25. The monoisotopic (exact) mass is 274 g/mol. The molecule has 0 radical (unpaired) electrons. The minimum absolute atomic E-state index is 0.225. The van der Waals surface area contributed by atoms with Crippen LogP contribution in [0.15, 0.2) is 34.9 Å². The molecule has 1 aromatic heterocycles. The fourth-order valence-corrected chi connectivity index (χ4v) is 1.73. The molecule has 0 bridgehead atoms. The van der Waals surface area contributed by atoms with Crippen molar-refractivity contribution in [3.05, 3.63) is 47.3 Å². The van der Waals surface area contributed by atoms with Crippen LogP contribution in [0.4, 0.5) is 0 Å². The molecule has 0 aliphatic carbocycles. The number of hydrogen-bond acceptors (Lipinski definition) is 4. The van der Waals surface area contributed by atoms with Crippen LogP contribution < -0.4 is 10.1 Å². The number of benzene rings is 1. The van der Waals surface area contributed by atoms with E-state index in [0.717, 1.165) is 17.7 Å². The molecule has 106 valence electrons. The van der Waals surface area contributed by atoms with Crippen molar-refractivity contribution in [2.45, 2.75) is 20.3 Å². The number of hydrogen-bond donors (Lipinski definition) is 1. The van der Waals surface area contributed by atoms with Crippen molar-refractivity contribution in [3.8, 4) is 5.75 Å². The zero-order valence-corrected chi connectivity index (χ0v) is 11.7. The molecule has 0 atom stereocenters. The average Bonchev–Trinajstić information content (AvgIpc) is 2.85. The van der Waals surface area contributed by atoms with E-state index in [9.17, 15) is 4.79 Å². The molecule has 0 fully saturated rings. The number of rotatable bonds is 6. The van der Waals surface area contributed by atoms with Gasteiger partial charge in [-0.1, -0.05) is 17.3 Å². The maximum Gasteiger partial charge on any atom is 0.273 e. The van der Waals surface area contributed by atoms with Gasteiger partial charge >= 0.3 is 0 Å². The number of nitrogens with one attached hydrogen (secondary N) is 1. The first-order valence-electron chi connectivity index (χ1n) is 6.56. The Labute approximate surface area is 117 Å². The Bertz CT molecular complexity index is 578. The molecule has 20 heavy (non-hydrogen) atoms. The van der Waals surface area contributed by atoms with Crippen molar-refractivity contribution in [2.24, 2.45) is 0 Å². The Balaban J connectivity index is 1.65. The van der Waals surface area contributed by atoms with E-state index in [1.165, 1.54) is 0 Å². The third-order valence-corrected chi connectivity index (χ3v) is 2.73. The minimum Gasteiger partial charge on any atom is -0.494 e. The quantitative estimate of drug-likeness (QED) is 0.822. The number of carbonyl (C=O) groups excluding carboxylic acids is 1. The van der Waals surface area contributed by atoms with Gasteiger partial charge in [0.1, 0.15) is 11.5 Å². The number of aromatic nitrogens is 1. The van der Waals surface area contributed by atoms with Crippen LogP contribution in [0.5, 0.6) is 5.75 Å². The lowest BCUT2D eigenvalue weighted by Crippen LogP contribution is -2.25. The van der Waals surface area contributed by atoms with Crippen molar-refractivity contribution < 1.29 is 14.1 Å². The van der Waals surface area contributed by atoms with Gasteiger partial charge in [-0.2, -0.15) is 0 Å². The van der Waals surface area contributed by atoms with E-state index in [1.807, 2.05) is 31.2 Å². The number of amides is 1. The highest BCUT2D eigenvalue weighted by Gasteiger charge is 2.09. The van der Waals surface area contributed by atoms with Gasteiger partial charge in [-0.05, 0) is 38.0 Å². The van der Waals surface area contributed by atoms with Crippen LogP contribution in [0.25, 0.3) is 0 Å². The van der Waals surface area contributed by atoms with Crippen LogP contribution in [-0.2, 0) is 0 Å². The van der Waals surface area contributed by atoms with Crippen molar-refractivity contribution in [1.29, 1.82) is 0 Å². The fraction of sp³-hybridized carbons (Fsp3) is 0.333. The van der Waals surface area contributed by atoms with Crippen LogP contribution in [0.1, 0.15) is 28.2 Å². The lowest BCUT2D eigenvalue weighted by atomic mass is 10.2. The summed E-state index contributed by atoms with van der Waals surface area (Å²) in [5, 5.41) is 6.42. The van der Waals surface area contributed by atoms with Gasteiger partial charge in [0.25, 0.3) is 5.91 Å². The van der Waals surface area contributed by atoms with Crippen molar-refractivity contribution >= 4 is 5.91 Å². The second-order valence-corrected chi connectivity index (χ2v) is 4.60. The summed E-state index contributed by atoms with van der Waals surface area (Å²) in [7, 11) is 0. The summed E-state index contributed by atoms with van der Waals surface area (Å²) in [6, 6.07) is 9.49. The van der Waals surface area contributed by atoms with Gasteiger partial charge in [0.15, 0.2) is 5.69 Å². The molecular weight excluding hydrogens is 256 g/mol. The van der Waals surface area contributed by atoms with Gasteiger partial charge in [-0.3, -0.25) is 4.79 Å². The molecule has 0 saturated carbocycles. The molecule has 2 aromatic rings. The van der Waals surface area contributed by atoms with Crippen molar-refractivity contribution in [1.82, 2.24) is 10.5 Å². The molecule has 0 unspecified atom stereocenters. The molecule has 5 heteroatoms. The minimum atomic E-state index is -0.225. The Kier molecular flexibility index (Phi) is 4.76. The summed E-state index contributed by atoms with van der Waals surface area (Å²) >= 11 is 0. The van der Waals surface area contributed by atoms with Gasteiger partial charge in [-0.25, -0.2) is 0 Å². The zero-order valence-electron chi connectivity index (χ0n) is 11.7. The van der Waals surface area contributed by atoms with Gasteiger partial charge in [0, 0.05) is 12.6 Å². The highest BCUT2D eigenvalue weighted by atomic mass is 16.5. The smallest absolute Gasteiger partial charge is 0.273 e. The summed E-state index contributed by atoms with van der Waals surface area (Å²) in [4.78, 5) is 11.7. The third-order valence-electron chi connectivity index (χ3n) is 2.73. The number of carbonyl (C=O) groups is 1. The highest BCUT2D eigenvalue weighted by molar-refractivity contribution is 5.92. The molecular formula is C15H18N2O3. The summed E-state index contributed by atoms with van der Waals surface area (Å²) < 4.78 is 10.4. The molecule has 2 rings (SSSR count). The van der Waals surface area contributed by atoms with Crippen molar-refractivity contribution in [2.75, 3.05) is 13.2 Å². The fourth-order valence-electron chi connectivity index (χ4n) is 1.73. The second-order valence-electron chi connectivity index (χ2n) is 4.60. The van der Waals surface area contributed by atoms with E-state index < -0.39 is 0 Å². The van der Waals surface area contributed by atoms with Gasteiger partial charge in [0.05, 0.1) is 6.61 Å². The predicted octanol–water partition coefficient (Wildman–Crippen LogP) is 2.49. The van der Waals surface area contributed by atoms with E-state index in [1.54, 1.807) is 13.0 Å². The Morgan fingerprint density at radius 1 is 1.35 bits per heavy atom. The van der Waals surface area contributed by atoms with E-state index >= 15 is 0 Å². The van der Waals surface area contributed by atoms with E-state index in [4.69, 9.17) is 9.26 Å². The summed E-state index contributed by atoms with van der Waals surface area (Å²) in [6.45, 7) is 4.87. The van der Waals surface area contributed by atoms with Crippen LogP contribution in [0.2, 0.25) is 0 Å². The highest BCUT2D eigenvalue weighted by Crippen LogP contribution is 2.12. The SMILES string of the molecule is Cc1cccc(OCCCNC(=O)c2cc(C)on2)c1. The molecule has 0 spiro atoms. The van der Waals surface area contributed by atoms with E-state index in [0.29, 0.717) is 24.6 Å². The molecule has 0 aliphatic heterocycles. The van der Waals surface area contributed by atoms with Gasteiger partial charge in [-0.15, -0.1) is 0 Å². The predicted molar refractivity (Wildman–Crippen MR) is 74.9 cm³/mol. The largest absolute Gasteiger partial charge is 0.494 e. The summed E-state index contributed by atoms with van der Waals surface area (Å²) in [6.07, 6.45) is 0.733. The number of nitrogens with zero attached hydrogens (tertiary/aromatic N) is 1. The molecule has 1 N–H and O–H groups in total. The second kappa shape index (κ2) is 6.75. The molecule has 1 amide bonds. The Hall–Kier alpha value is -2.30. The molecule has 1 aromatic carbocycles. The Morgan fingerprint density at radius 3 is 2.90 bits per heavy atom. The zero-order chi connectivity index (χ0) is 14.4. The van der Waals surface area contributed by atoms with Crippen LogP contribution in [0.3, 0.4) is 0 Å². The van der Waals surface area contributed by atoms with Crippen LogP contribution in [0, 0.1) is 13.8 Å². The van der Waals surface area contributed by atoms with Gasteiger partial charge < -0.3 is 14.6 Å². The lowest BCUT2D eigenvalue weighted by Gasteiger charge is -2.07. The first-order valence-corrected chi connectivity index (χ1v) is 6.56. The Morgan fingerprint density at radius 2 is 2.20 bits per heavy atom. The topological polar surface area (TPSA) is 64.4 Å². The number of ether oxygens (including phenoxy) is 1. The average molecular weight is 274 g/mol. The van der Waals surface area contributed by atoms with E-state index in [-0.39, 0.29) is 5.91 Å². The third kappa shape index (κ3) is 4.12. The normalized spacial score (nSPS) is 10.3. The van der Waals surface area contributed by atoms with Gasteiger partial charge in [0.2, 0.25) is 0 Å². The maximum absolute atomic E-state index is 11.7. The van der Waals surface area contributed by atoms with Crippen LogP contribution in [-0.4, -0.2) is 24.2 Å². The molecule has 1 heterocycles. The van der Waals surface area contributed by atoms with E-state index in [2.05, 4.69) is 10.5 Å². The first-order chi connectivity index (χ1) is 9.65. The maximum atomic E-state index is 11.7. The molecule has 5 nitrogen and oxygen atoms in total. The molecule has 0 aliphatic rings. The van der Waals surface area contributed by atoms with Crippen molar-refractivity contribution in [3.63, 3.8) is 0 Å². The first kappa shape index (κ1) is 14.1. The van der Waals surface area contributed by atoms with Crippen LogP contribution >= 0.6 is 0 Å².